The van der Waals surface area contributed by atoms with Gasteiger partial charge in [-0.3, -0.25) is 19.5 Å². The number of carbonyl (C=O) groups excluding carboxylic acids is 2. The van der Waals surface area contributed by atoms with Crippen molar-refractivity contribution in [1.29, 1.82) is 0 Å². The Morgan fingerprint density at radius 2 is 1.80 bits per heavy atom. The number of carbonyl (C=O) groups is 2. The van der Waals surface area contributed by atoms with Gasteiger partial charge in [0.25, 0.3) is 0 Å². The predicted octanol–water partition coefficient (Wildman–Crippen LogP) is 3.90. The van der Waals surface area contributed by atoms with Gasteiger partial charge in [0.15, 0.2) is 5.78 Å². The number of nitrogens with zero attached hydrogens (tertiary/aromatic N) is 3. The van der Waals surface area contributed by atoms with E-state index in [9.17, 15) is 9.59 Å². The lowest BCUT2D eigenvalue weighted by molar-refractivity contribution is -0.145. The maximum absolute atomic E-state index is 13.2. The third-order valence-corrected chi connectivity index (χ3v) is 6.76. The van der Waals surface area contributed by atoms with E-state index in [1.807, 2.05) is 53.6 Å². The smallest absolute Gasteiger partial charge is 0.320 e. The molecule has 2 aromatic rings. The van der Waals surface area contributed by atoms with Crippen LogP contribution in [0, 0.1) is 0 Å². The summed E-state index contributed by atoms with van der Waals surface area (Å²) in [5, 5.41) is 6.67. The lowest BCUT2D eigenvalue weighted by atomic mass is 9.92. The first-order valence-corrected chi connectivity index (χ1v) is 12.8. The number of ketones is 1. The molecule has 0 aromatic heterocycles. The zero-order valence-corrected chi connectivity index (χ0v) is 20.6. The standard InChI is InChI=1S/C28H36N4O3/c1-2-3-17-35-26(33)20-31-16-13-22-11-12-24(18-25(22)28(31)29)27(34)23-9-7-21(8-10-23)19-30-32-14-5-4-6-15-32/h7-12,18-19,28H,2-6,13-17,20,29H2,1H3. The Bertz CT molecular complexity index is 1040. The third kappa shape index (κ3) is 6.55. The number of nitrogens with two attached hydrogens (primary N) is 1. The monoisotopic (exact) mass is 476 g/mol. The minimum Gasteiger partial charge on any atom is -0.465 e. The van der Waals surface area contributed by atoms with Crippen LogP contribution in [0.5, 0.6) is 0 Å². The Balaban J connectivity index is 1.41. The molecule has 7 nitrogen and oxygen atoms in total. The maximum Gasteiger partial charge on any atom is 0.320 e. The van der Waals surface area contributed by atoms with Gasteiger partial charge in [0.05, 0.1) is 25.5 Å². The highest BCUT2D eigenvalue weighted by Crippen LogP contribution is 2.28. The summed E-state index contributed by atoms with van der Waals surface area (Å²) in [5.74, 6) is -0.302. The second kappa shape index (κ2) is 12.1. The van der Waals surface area contributed by atoms with Gasteiger partial charge in [0.1, 0.15) is 0 Å². The maximum atomic E-state index is 13.2. The van der Waals surface area contributed by atoms with Crippen LogP contribution >= 0.6 is 0 Å². The Morgan fingerprint density at radius 1 is 1.06 bits per heavy atom. The number of unbranched alkanes of at least 4 members (excludes halogenated alkanes) is 1. The average Bonchev–Trinajstić information content (AvgIpc) is 2.89. The summed E-state index contributed by atoms with van der Waals surface area (Å²) in [5.41, 5.74) is 10.7. The fourth-order valence-corrected chi connectivity index (χ4v) is 4.59. The van der Waals surface area contributed by atoms with Gasteiger partial charge >= 0.3 is 5.97 Å². The van der Waals surface area contributed by atoms with Crippen LogP contribution < -0.4 is 5.73 Å². The quantitative estimate of drug-likeness (QED) is 0.256. The van der Waals surface area contributed by atoms with Crippen molar-refractivity contribution < 1.29 is 14.3 Å². The molecule has 1 saturated heterocycles. The molecule has 1 fully saturated rings. The summed E-state index contributed by atoms with van der Waals surface area (Å²) in [7, 11) is 0. The van der Waals surface area contributed by atoms with Crippen LogP contribution in [0.2, 0.25) is 0 Å². The van der Waals surface area contributed by atoms with Crippen molar-refractivity contribution in [3.05, 3.63) is 70.3 Å². The molecule has 7 heteroatoms. The van der Waals surface area contributed by atoms with E-state index in [4.69, 9.17) is 10.5 Å². The van der Waals surface area contributed by atoms with Crippen molar-refractivity contribution >= 4 is 18.0 Å². The van der Waals surface area contributed by atoms with Gasteiger partial charge in [-0.25, -0.2) is 0 Å². The first kappa shape index (κ1) is 25.1. The fraction of sp³-hybridized carbons (Fsp3) is 0.464. The Labute approximate surface area is 207 Å². The number of hydrogen-bond donors (Lipinski definition) is 1. The number of ether oxygens (including phenoxy) is 1. The minimum absolute atomic E-state index is 0.0457. The highest BCUT2D eigenvalue weighted by Gasteiger charge is 2.27. The summed E-state index contributed by atoms with van der Waals surface area (Å²) >= 11 is 0. The molecule has 186 valence electrons. The van der Waals surface area contributed by atoms with Crippen LogP contribution in [0.1, 0.15) is 77.8 Å². The van der Waals surface area contributed by atoms with Gasteiger partial charge in [0.2, 0.25) is 0 Å². The zero-order chi connectivity index (χ0) is 24.6. The van der Waals surface area contributed by atoms with E-state index in [2.05, 4.69) is 17.0 Å². The van der Waals surface area contributed by atoms with Gasteiger partial charge in [0, 0.05) is 30.8 Å². The van der Waals surface area contributed by atoms with Crippen molar-refractivity contribution in [3.8, 4) is 0 Å². The molecule has 1 atom stereocenters. The molecule has 0 aliphatic carbocycles. The molecule has 0 saturated carbocycles. The Kier molecular flexibility index (Phi) is 8.66. The van der Waals surface area contributed by atoms with E-state index in [0.29, 0.717) is 24.3 Å². The molecule has 2 heterocycles. The molecular formula is C28H36N4O3. The third-order valence-electron chi connectivity index (χ3n) is 6.76. The normalized spacial score (nSPS) is 18.5. The van der Waals surface area contributed by atoms with Gasteiger partial charge in [-0.05, 0) is 54.9 Å². The van der Waals surface area contributed by atoms with Gasteiger partial charge in [-0.2, -0.15) is 5.10 Å². The average molecular weight is 477 g/mol. The molecule has 0 spiro atoms. The molecule has 35 heavy (non-hydrogen) atoms. The summed E-state index contributed by atoms with van der Waals surface area (Å²) in [6.07, 6.45) is 7.70. The van der Waals surface area contributed by atoms with Gasteiger partial charge < -0.3 is 10.5 Å². The Hall–Kier alpha value is -3.03. The predicted molar refractivity (Wildman–Crippen MR) is 137 cm³/mol. The van der Waals surface area contributed by atoms with E-state index in [0.717, 1.165) is 49.0 Å². The molecule has 0 bridgehead atoms. The number of piperidine rings is 1. The fourth-order valence-electron chi connectivity index (χ4n) is 4.59. The second-order valence-corrected chi connectivity index (χ2v) is 9.36. The summed E-state index contributed by atoms with van der Waals surface area (Å²) in [4.78, 5) is 27.3. The SMILES string of the molecule is CCCCOC(=O)CN1CCc2ccc(C(=O)c3ccc(C=NN4CCCCC4)cc3)cc2C1N. The topological polar surface area (TPSA) is 88.2 Å². The van der Waals surface area contributed by atoms with Crippen molar-refractivity contribution in [1.82, 2.24) is 9.91 Å². The number of hydrogen-bond acceptors (Lipinski definition) is 7. The first-order chi connectivity index (χ1) is 17.0. The van der Waals surface area contributed by atoms with Crippen LogP contribution in [0.15, 0.2) is 47.6 Å². The number of esters is 1. The molecule has 4 rings (SSSR count). The lowest BCUT2D eigenvalue weighted by Gasteiger charge is -2.34. The summed E-state index contributed by atoms with van der Waals surface area (Å²) < 4.78 is 5.30. The van der Waals surface area contributed by atoms with Crippen LogP contribution in [0.4, 0.5) is 0 Å². The van der Waals surface area contributed by atoms with Crippen LogP contribution in [0.3, 0.4) is 0 Å². The lowest BCUT2D eigenvalue weighted by Crippen LogP contribution is -2.43. The van der Waals surface area contributed by atoms with Gasteiger partial charge in [-0.1, -0.05) is 49.7 Å². The number of hydrazone groups is 1. The molecule has 0 radical (unpaired) electrons. The molecule has 2 aliphatic rings. The summed E-state index contributed by atoms with van der Waals surface area (Å²) in [6, 6.07) is 13.3. The molecule has 2 aliphatic heterocycles. The van der Waals surface area contributed by atoms with Crippen LogP contribution in [0.25, 0.3) is 0 Å². The van der Waals surface area contributed by atoms with Crippen LogP contribution in [-0.4, -0.2) is 60.7 Å². The first-order valence-electron chi connectivity index (χ1n) is 12.8. The number of benzene rings is 2. The van der Waals surface area contributed by atoms with Crippen molar-refractivity contribution in [3.63, 3.8) is 0 Å². The highest BCUT2D eigenvalue weighted by molar-refractivity contribution is 6.09. The largest absolute Gasteiger partial charge is 0.465 e. The van der Waals surface area contributed by atoms with E-state index < -0.39 is 6.17 Å². The van der Waals surface area contributed by atoms with Crippen molar-refractivity contribution in [2.75, 3.05) is 32.8 Å². The van der Waals surface area contributed by atoms with E-state index >= 15 is 0 Å². The molecule has 2 aromatic carbocycles. The van der Waals surface area contributed by atoms with E-state index in [-0.39, 0.29) is 18.3 Å². The zero-order valence-electron chi connectivity index (χ0n) is 20.6. The van der Waals surface area contributed by atoms with E-state index in [1.165, 1.54) is 19.3 Å². The minimum atomic E-state index is -0.446. The van der Waals surface area contributed by atoms with Crippen molar-refractivity contribution in [2.24, 2.45) is 10.8 Å². The van der Waals surface area contributed by atoms with E-state index in [1.54, 1.807) is 0 Å². The number of fused-ring (bicyclic) bond motifs is 1. The van der Waals surface area contributed by atoms with Gasteiger partial charge in [-0.15, -0.1) is 0 Å². The molecular weight excluding hydrogens is 440 g/mol. The number of rotatable bonds is 9. The highest BCUT2D eigenvalue weighted by atomic mass is 16.5. The summed E-state index contributed by atoms with van der Waals surface area (Å²) in [6.45, 7) is 5.35. The van der Waals surface area contributed by atoms with Crippen LogP contribution in [-0.2, 0) is 16.0 Å². The molecule has 0 amide bonds. The van der Waals surface area contributed by atoms with Crippen molar-refractivity contribution in [2.45, 2.75) is 51.6 Å². The molecule has 2 N–H and O–H groups in total. The second-order valence-electron chi connectivity index (χ2n) is 9.36. The Morgan fingerprint density at radius 3 is 2.54 bits per heavy atom. The molecule has 1 unspecified atom stereocenters.